The second-order valence-electron chi connectivity index (χ2n) is 10.1. The predicted molar refractivity (Wildman–Crippen MR) is 155 cm³/mol. The number of hydrogen-bond acceptors (Lipinski definition) is 7. The minimum atomic E-state index is -0.205. The molecule has 7 rings (SSSR count). The van der Waals surface area contributed by atoms with Crippen molar-refractivity contribution in [1.82, 2.24) is 29.4 Å². The first-order chi connectivity index (χ1) is 20.1. The van der Waals surface area contributed by atoms with Gasteiger partial charge in [0.25, 0.3) is 0 Å². The summed E-state index contributed by atoms with van der Waals surface area (Å²) in [7, 11) is 0. The first kappa shape index (κ1) is 24.7. The third-order valence-corrected chi connectivity index (χ3v) is 7.26. The molecule has 202 valence electrons. The molecule has 0 N–H and O–H groups in total. The number of para-hydroxylation sites is 1. The van der Waals surface area contributed by atoms with Gasteiger partial charge in [-0.3, -0.25) is 0 Å². The smallest absolute Gasteiger partial charge is 0.230 e. The molecule has 0 aliphatic carbocycles. The van der Waals surface area contributed by atoms with Crippen LogP contribution in [0.5, 0.6) is 11.8 Å². The van der Waals surface area contributed by atoms with Gasteiger partial charge in [0.15, 0.2) is 18.1 Å². The van der Waals surface area contributed by atoms with E-state index in [0.29, 0.717) is 23.2 Å². The van der Waals surface area contributed by atoms with Crippen LogP contribution in [0.2, 0.25) is 0 Å². The lowest BCUT2D eigenvalue weighted by Gasteiger charge is -2.26. The van der Waals surface area contributed by atoms with Crippen molar-refractivity contribution in [1.29, 1.82) is 0 Å². The van der Waals surface area contributed by atoms with Crippen molar-refractivity contribution >= 4 is 11.4 Å². The summed E-state index contributed by atoms with van der Waals surface area (Å²) < 4.78 is 9.99. The Balaban J connectivity index is 1.29. The van der Waals surface area contributed by atoms with E-state index in [2.05, 4.69) is 46.4 Å². The fourth-order valence-electron chi connectivity index (χ4n) is 5.24. The van der Waals surface area contributed by atoms with Gasteiger partial charge in [-0.25, -0.2) is 19.2 Å². The lowest BCUT2D eigenvalue weighted by Crippen LogP contribution is -2.16. The van der Waals surface area contributed by atoms with Crippen LogP contribution in [0.15, 0.2) is 96.4 Å². The van der Waals surface area contributed by atoms with E-state index in [-0.39, 0.29) is 12.5 Å². The van der Waals surface area contributed by atoms with Crippen LogP contribution in [0.1, 0.15) is 52.2 Å². The number of benzene rings is 3. The number of ether oxygens (including phenoxy) is 1. The Morgan fingerprint density at radius 1 is 0.902 bits per heavy atom. The van der Waals surface area contributed by atoms with Crippen LogP contribution in [-0.2, 0) is 11.4 Å². The Kier molecular flexibility index (Phi) is 6.04. The molecule has 0 bridgehead atoms. The Labute approximate surface area is 236 Å². The quantitative estimate of drug-likeness (QED) is 0.185. The normalized spacial score (nSPS) is 14.4. The maximum absolute atomic E-state index is 6.48. The second-order valence-corrected chi connectivity index (χ2v) is 10.1. The average molecular weight is 542 g/mol. The zero-order valence-electron chi connectivity index (χ0n) is 22.9. The molecule has 0 saturated heterocycles. The maximum atomic E-state index is 6.48. The van der Waals surface area contributed by atoms with E-state index < -0.39 is 0 Å². The summed E-state index contributed by atoms with van der Waals surface area (Å²) in [6.07, 6.45) is 1.62. The summed E-state index contributed by atoms with van der Waals surface area (Å²) in [6.45, 7) is 6.10. The zero-order valence-corrected chi connectivity index (χ0v) is 22.9. The van der Waals surface area contributed by atoms with Gasteiger partial charge >= 0.3 is 0 Å². The number of aromatic nitrogens is 6. The van der Waals surface area contributed by atoms with E-state index in [9.17, 15) is 0 Å². The van der Waals surface area contributed by atoms with E-state index in [0.717, 1.165) is 39.3 Å². The van der Waals surface area contributed by atoms with Crippen LogP contribution < -0.4 is 4.74 Å². The van der Waals surface area contributed by atoms with Gasteiger partial charge in [-0.05, 0) is 44.0 Å². The van der Waals surface area contributed by atoms with Crippen molar-refractivity contribution in [2.24, 2.45) is 5.16 Å². The SMILES string of the molecule is C/C(=N/OCc1nc2c3c(ncn2n1)Oc1c(c(C)nn1-c1ccccc1)C3c1ccccc1)c1ccc(C)cc1. The number of fused-ring (bicyclic) bond motifs is 4. The van der Waals surface area contributed by atoms with Gasteiger partial charge in [-0.15, -0.1) is 5.10 Å². The molecular formula is C32H27N7O2. The monoisotopic (exact) mass is 541 g/mol. The van der Waals surface area contributed by atoms with Gasteiger partial charge in [0.2, 0.25) is 11.8 Å². The second kappa shape index (κ2) is 10.0. The van der Waals surface area contributed by atoms with Crippen molar-refractivity contribution in [2.45, 2.75) is 33.3 Å². The van der Waals surface area contributed by atoms with Crippen LogP contribution in [0.25, 0.3) is 11.3 Å². The highest BCUT2D eigenvalue weighted by molar-refractivity contribution is 5.98. The van der Waals surface area contributed by atoms with Gasteiger partial charge in [0.1, 0.15) is 6.33 Å². The maximum Gasteiger partial charge on any atom is 0.230 e. The standard InChI is InChI=1S/C32H27N7O2/c1-20-14-16-23(17-15-20)21(2)37-40-18-26-34-30-29-28(24-10-6-4-7-11-24)27-22(3)35-39(25-12-8-5-9-13-25)32(27)41-31(29)33-19-38(30)36-26/h4-17,19,28H,18H2,1-3H3/b37-21-. The Bertz CT molecular complexity index is 1890. The molecule has 0 saturated carbocycles. The molecule has 9 nitrogen and oxygen atoms in total. The fraction of sp³-hybridized carbons (Fsp3) is 0.156. The lowest BCUT2D eigenvalue weighted by atomic mass is 9.84. The number of rotatable bonds is 6. The summed E-state index contributed by atoms with van der Waals surface area (Å²) in [6, 6.07) is 28.4. The summed E-state index contributed by atoms with van der Waals surface area (Å²) in [5.41, 5.74) is 8.31. The minimum absolute atomic E-state index is 0.118. The summed E-state index contributed by atoms with van der Waals surface area (Å²) in [4.78, 5) is 15.2. The van der Waals surface area contributed by atoms with Gasteiger partial charge in [-0.2, -0.15) is 5.10 Å². The number of oxime groups is 1. The zero-order chi connectivity index (χ0) is 27.9. The summed E-state index contributed by atoms with van der Waals surface area (Å²) in [5, 5.41) is 13.8. The molecule has 1 aliphatic rings. The van der Waals surface area contributed by atoms with Gasteiger partial charge in [0.05, 0.1) is 34.1 Å². The van der Waals surface area contributed by atoms with E-state index in [1.165, 1.54) is 5.56 Å². The van der Waals surface area contributed by atoms with Crippen molar-refractivity contribution in [3.05, 3.63) is 131 Å². The molecule has 1 aliphatic heterocycles. The molecule has 4 heterocycles. The van der Waals surface area contributed by atoms with Gasteiger partial charge in [0, 0.05) is 0 Å². The Morgan fingerprint density at radius 2 is 1.63 bits per heavy atom. The highest BCUT2D eigenvalue weighted by Crippen LogP contribution is 2.49. The highest BCUT2D eigenvalue weighted by Gasteiger charge is 2.38. The van der Waals surface area contributed by atoms with Crippen LogP contribution in [0.4, 0.5) is 0 Å². The summed E-state index contributed by atoms with van der Waals surface area (Å²) >= 11 is 0. The molecule has 1 unspecified atom stereocenters. The predicted octanol–water partition coefficient (Wildman–Crippen LogP) is 6.15. The van der Waals surface area contributed by atoms with Crippen LogP contribution in [0.3, 0.4) is 0 Å². The molecular weight excluding hydrogens is 514 g/mol. The van der Waals surface area contributed by atoms with Crippen LogP contribution in [0, 0.1) is 13.8 Å². The molecule has 0 amide bonds. The van der Waals surface area contributed by atoms with Crippen molar-refractivity contribution in [3.63, 3.8) is 0 Å². The third kappa shape index (κ3) is 4.41. The van der Waals surface area contributed by atoms with E-state index in [4.69, 9.17) is 19.7 Å². The number of nitrogens with zero attached hydrogens (tertiary/aromatic N) is 7. The molecule has 3 aromatic carbocycles. The molecule has 3 aromatic heterocycles. The Morgan fingerprint density at radius 3 is 2.39 bits per heavy atom. The van der Waals surface area contributed by atoms with Gasteiger partial charge in [-0.1, -0.05) is 83.5 Å². The minimum Gasteiger partial charge on any atom is -0.420 e. The van der Waals surface area contributed by atoms with Gasteiger partial charge < -0.3 is 9.57 Å². The summed E-state index contributed by atoms with van der Waals surface area (Å²) in [5.74, 6) is 1.42. The molecule has 9 heteroatoms. The van der Waals surface area contributed by atoms with Crippen molar-refractivity contribution < 1.29 is 9.57 Å². The molecule has 1 atom stereocenters. The fourth-order valence-corrected chi connectivity index (χ4v) is 5.24. The third-order valence-electron chi connectivity index (χ3n) is 7.26. The first-order valence-electron chi connectivity index (χ1n) is 13.4. The molecule has 41 heavy (non-hydrogen) atoms. The van der Waals surface area contributed by atoms with Crippen LogP contribution in [-0.4, -0.2) is 35.1 Å². The van der Waals surface area contributed by atoms with Crippen molar-refractivity contribution in [2.75, 3.05) is 0 Å². The van der Waals surface area contributed by atoms with E-state index >= 15 is 0 Å². The lowest BCUT2D eigenvalue weighted by molar-refractivity contribution is 0.125. The number of aryl methyl sites for hydroxylation is 2. The highest BCUT2D eigenvalue weighted by atomic mass is 16.6. The molecule has 6 aromatic rings. The average Bonchev–Trinajstić information content (AvgIpc) is 3.57. The molecule has 0 fully saturated rings. The van der Waals surface area contributed by atoms with Crippen molar-refractivity contribution in [3.8, 4) is 17.4 Å². The Hall–Kier alpha value is -5.31. The van der Waals surface area contributed by atoms with Crippen LogP contribution >= 0.6 is 0 Å². The molecule has 0 radical (unpaired) electrons. The van der Waals surface area contributed by atoms with E-state index in [1.807, 2.05) is 79.2 Å². The largest absolute Gasteiger partial charge is 0.420 e. The number of hydrogen-bond donors (Lipinski definition) is 0. The topological polar surface area (TPSA) is 91.7 Å². The van der Waals surface area contributed by atoms with E-state index in [1.54, 1.807) is 10.8 Å². The molecule has 0 spiro atoms. The first-order valence-corrected chi connectivity index (χ1v) is 13.4.